The van der Waals surface area contributed by atoms with Gasteiger partial charge in [-0.05, 0) is 20.1 Å². The number of thioether (sulfide) groups is 1. The van der Waals surface area contributed by atoms with E-state index in [1.165, 1.54) is 0 Å². The van der Waals surface area contributed by atoms with Crippen molar-refractivity contribution in [2.24, 2.45) is 5.73 Å². The van der Waals surface area contributed by atoms with Gasteiger partial charge < -0.3 is 11.1 Å². The van der Waals surface area contributed by atoms with Gasteiger partial charge in [0.25, 0.3) is 0 Å². The Bertz CT molecular complexity index is 552. The lowest BCUT2D eigenvalue weighted by molar-refractivity contribution is -0.123. The number of hydrogen-bond acceptors (Lipinski definition) is 5. The molecule has 2 aromatic heterocycles. The van der Waals surface area contributed by atoms with E-state index < -0.39 is 6.04 Å². The molecule has 0 bridgehead atoms. The summed E-state index contributed by atoms with van der Waals surface area (Å²) in [5, 5.41) is 4.82. The number of nitrogens with zero attached hydrogens (tertiary/aromatic N) is 2. The highest BCUT2D eigenvalue weighted by molar-refractivity contribution is 8.00. The molecule has 0 aliphatic rings. The SMILES string of the molecule is CSC(C)(C)[C@H](N)C(=O)NCc1cn2ccsc2n1.Cl. The van der Waals surface area contributed by atoms with Crippen LogP contribution in [0.5, 0.6) is 0 Å². The predicted octanol–water partition coefficient (Wildman–Crippen LogP) is 1.90. The van der Waals surface area contributed by atoms with Gasteiger partial charge in [-0.2, -0.15) is 11.8 Å². The van der Waals surface area contributed by atoms with Crippen LogP contribution >= 0.6 is 35.5 Å². The molecule has 0 aromatic carbocycles. The number of hydrogen-bond donors (Lipinski definition) is 2. The molecule has 1 atom stereocenters. The second-order valence-electron chi connectivity index (χ2n) is 4.83. The summed E-state index contributed by atoms with van der Waals surface area (Å²) in [7, 11) is 0. The number of halogens is 1. The van der Waals surface area contributed by atoms with Crippen LogP contribution in [0, 0.1) is 0 Å². The van der Waals surface area contributed by atoms with Gasteiger partial charge in [0.15, 0.2) is 4.96 Å². The Kier molecular flexibility index (Phi) is 5.88. The average Bonchev–Trinajstić information content (AvgIpc) is 2.95. The third-order valence-electron chi connectivity index (χ3n) is 3.14. The summed E-state index contributed by atoms with van der Waals surface area (Å²) in [4.78, 5) is 17.3. The maximum Gasteiger partial charge on any atom is 0.238 e. The molecule has 0 aliphatic heterocycles. The summed E-state index contributed by atoms with van der Waals surface area (Å²) in [6.45, 7) is 4.34. The third-order valence-corrected chi connectivity index (χ3v) is 5.22. The van der Waals surface area contributed by atoms with Gasteiger partial charge in [-0.1, -0.05) is 0 Å². The first kappa shape index (κ1) is 17.3. The predicted molar refractivity (Wildman–Crippen MR) is 87.7 cm³/mol. The van der Waals surface area contributed by atoms with E-state index in [9.17, 15) is 4.79 Å². The molecule has 3 N–H and O–H groups in total. The van der Waals surface area contributed by atoms with Gasteiger partial charge in [-0.25, -0.2) is 4.98 Å². The first-order chi connectivity index (χ1) is 8.94. The monoisotopic (exact) mass is 334 g/mol. The molecule has 0 fully saturated rings. The summed E-state index contributed by atoms with van der Waals surface area (Å²) in [5.41, 5.74) is 6.81. The molecular formula is C12H19ClN4OS2. The fourth-order valence-electron chi connectivity index (χ4n) is 1.59. The van der Waals surface area contributed by atoms with E-state index in [1.807, 2.05) is 42.3 Å². The second-order valence-corrected chi connectivity index (χ2v) is 7.16. The molecule has 112 valence electrons. The van der Waals surface area contributed by atoms with Crippen LogP contribution in [-0.2, 0) is 11.3 Å². The first-order valence-electron chi connectivity index (χ1n) is 5.93. The Morgan fingerprint density at radius 2 is 2.35 bits per heavy atom. The van der Waals surface area contributed by atoms with Gasteiger partial charge in [0.2, 0.25) is 5.91 Å². The number of carbonyl (C=O) groups excluding carboxylic acids is 1. The zero-order valence-corrected chi connectivity index (χ0v) is 14.1. The largest absolute Gasteiger partial charge is 0.349 e. The Morgan fingerprint density at radius 1 is 1.65 bits per heavy atom. The third kappa shape index (κ3) is 3.66. The summed E-state index contributed by atoms with van der Waals surface area (Å²) < 4.78 is 1.66. The van der Waals surface area contributed by atoms with Gasteiger partial charge in [-0.15, -0.1) is 23.7 Å². The lowest BCUT2D eigenvalue weighted by Gasteiger charge is -2.28. The fraction of sp³-hybridized carbons (Fsp3) is 0.500. The minimum Gasteiger partial charge on any atom is -0.349 e. The zero-order chi connectivity index (χ0) is 14.0. The first-order valence-corrected chi connectivity index (χ1v) is 8.04. The maximum absolute atomic E-state index is 12.0. The number of aromatic nitrogens is 2. The summed E-state index contributed by atoms with van der Waals surface area (Å²) in [5.74, 6) is -0.143. The molecule has 2 aromatic rings. The normalized spacial score (nSPS) is 13.0. The molecule has 0 unspecified atom stereocenters. The van der Waals surface area contributed by atoms with Crippen molar-refractivity contribution >= 4 is 46.4 Å². The second kappa shape index (κ2) is 6.80. The van der Waals surface area contributed by atoms with E-state index >= 15 is 0 Å². The van der Waals surface area contributed by atoms with Crippen molar-refractivity contribution in [1.29, 1.82) is 0 Å². The van der Waals surface area contributed by atoms with Gasteiger partial charge in [-0.3, -0.25) is 9.20 Å². The minimum atomic E-state index is -0.536. The van der Waals surface area contributed by atoms with Crippen LogP contribution in [0.3, 0.4) is 0 Å². The molecule has 0 aliphatic carbocycles. The van der Waals surface area contributed by atoms with E-state index in [4.69, 9.17) is 5.73 Å². The highest BCUT2D eigenvalue weighted by atomic mass is 35.5. The van der Waals surface area contributed by atoms with Crippen molar-refractivity contribution < 1.29 is 4.79 Å². The Morgan fingerprint density at radius 3 is 2.95 bits per heavy atom. The topological polar surface area (TPSA) is 72.4 Å². The maximum atomic E-state index is 12.0. The molecule has 0 saturated heterocycles. The molecule has 2 rings (SSSR count). The van der Waals surface area contributed by atoms with Crippen LogP contribution in [0.4, 0.5) is 0 Å². The molecule has 20 heavy (non-hydrogen) atoms. The van der Waals surface area contributed by atoms with E-state index in [0.717, 1.165) is 10.7 Å². The molecule has 2 heterocycles. The number of nitrogens with two attached hydrogens (primary N) is 1. The van der Waals surface area contributed by atoms with Crippen LogP contribution < -0.4 is 11.1 Å². The molecule has 0 saturated carbocycles. The Balaban J connectivity index is 0.00000200. The van der Waals surface area contributed by atoms with Crippen LogP contribution in [0.1, 0.15) is 19.5 Å². The van der Waals surface area contributed by atoms with Crippen molar-refractivity contribution in [3.05, 3.63) is 23.5 Å². The summed E-state index contributed by atoms with van der Waals surface area (Å²) >= 11 is 3.15. The fourth-order valence-corrected chi connectivity index (χ4v) is 2.67. The van der Waals surface area contributed by atoms with Crippen molar-refractivity contribution in [3.63, 3.8) is 0 Å². The van der Waals surface area contributed by atoms with E-state index in [2.05, 4.69) is 10.3 Å². The Labute approximate surface area is 132 Å². The minimum absolute atomic E-state index is 0. The van der Waals surface area contributed by atoms with Gasteiger partial charge in [0.1, 0.15) is 0 Å². The smallest absolute Gasteiger partial charge is 0.238 e. The van der Waals surface area contributed by atoms with Crippen LogP contribution in [0.15, 0.2) is 17.8 Å². The van der Waals surface area contributed by atoms with Crippen molar-refractivity contribution in [2.45, 2.75) is 31.2 Å². The quantitative estimate of drug-likeness (QED) is 0.876. The number of carbonyl (C=O) groups is 1. The number of nitrogens with one attached hydrogen (secondary N) is 1. The van der Waals surface area contributed by atoms with Crippen molar-refractivity contribution in [1.82, 2.24) is 14.7 Å². The Hall–Kier alpha value is -0.760. The number of rotatable bonds is 5. The highest BCUT2D eigenvalue weighted by Gasteiger charge is 2.31. The van der Waals surface area contributed by atoms with Gasteiger partial charge >= 0.3 is 0 Å². The van der Waals surface area contributed by atoms with E-state index in [0.29, 0.717) is 6.54 Å². The number of fused-ring (bicyclic) bond motifs is 1. The summed E-state index contributed by atoms with van der Waals surface area (Å²) in [6, 6.07) is -0.536. The molecule has 0 radical (unpaired) electrons. The summed E-state index contributed by atoms with van der Waals surface area (Å²) in [6.07, 6.45) is 5.81. The average molecular weight is 335 g/mol. The number of thiazole rings is 1. The standard InChI is InChI=1S/C12H18N4OS2.ClH/c1-12(2,18-3)9(13)10(17)14-6-8-7-16-4-5-19-11(16)15-8;/h4-5,7,9H,6,13H2,1-3H3,(H,14,17);1H/t9-;/m1./s1. The number of amides is 1. The lowest BCUT2D eigenvalue weighted by atomic mass is 10.0. The zero-order valence-electron chi connectivity index (χ0n) is 11.6. The van der Waals surface area contributed by atoms with E-state index in [-0.39, 0.29) is 23.1 Å². The van der Waals surface area contributed by atoms with Crippen molar-refractivity contribution in [3.8, 4) is 0 Å². The van der Waals surface area contributed by atoms with Crippen LogP contribution in [0.2, 0.25) is 0 Å². The van der Waals surface area contributed by atoms with Gasteiger partial charge in [0.05, 0.1) is 18.3 Å². The molecule has 8 heteroatoms. The molecule has 0 spiro atoms. The molecule has 1 amide bonds. The molecule has 5 nitrogen and oxygen atoms in total. The van der Waals surface area contributed by atoms with Crippen LogP contribution in [-0.4, -0.2) is 32.3 Å². The van der Waals surface area contributed by atoms with E-state index in [1.54, 1.807) is 23.1 Å². The van der Waals surface area contributed by atoms with Crippen molar-refractivity contribution in [2.75, 3.05) is 6.26 Å². The number of imidazole rings is 1. The van der Waals surface area contributed by atoms with Crippen LogP contribution in [0.25, 0.3) is 4.96 Å². The molecular weight excluding hydrogens is 316 g/mol. The highest BCUT2D eigenvalue weighted by Crippen LogP contribution is 2.24. The lowest BCUT2D eigenvalue weighted by Crippen LogP contribution is -2.51. The van der Waals surface area contributed by atoms with Gasteiger partial charge in [0, 0.05) is 22.5 Å².